The molecule has 2 rings (SSSR count). The van der Waals surface area contributed by atoms with Gasteiger partial charge in [-0.15, -0.1) is 0 Å². The number of hydrogen-bond acceptors (Lipinski definition) is 5. The molecule has 2 aromatic carbocycles. The van der Waals surface area contributed by atoms with Gasteiger partial charge in [0.15, 0.2) is 5.11 Å². The average molecular weight is 427 g/mol. The Hall–Kier alpha value is -3.19. The second-order valence-electron chi connectivity index (χ2n) is 6.41. The lowest BCUT2D eigenvalue weighted by Crippen LogP contribution is -2.34. The third-order valence-electron chi connectivity index (χ3n) is 4.02. The third-order valence-corrected chi connectivity index (χ3v) is 4.22. The highest BCUT2D eigenvalue weighted by molar-refractivity contribution is 7.80. The summed E-state index contributed by atoms with van der Waals surface area (Å²) in [4.78, 5) is 23.8. The molecule has 0 atom stereocenters. The van der Waals surface area contributed by atoms with Crippen LogP contribution in [0.5, 0.6) is 5.75 Å². The maximum atomic E-state index is 12.0. The highest BCUT2D eigenvalue weighted by Crippen LogP contribution is 2.23. The first-order valence-corrected chi connectivity index (χ1v) is 10.1. The Morgan fingerprint density at radius 3 is 2.53 bits per heavy atom. The van der Waals surface area contributed by atoms with Crippen LogP contribution in [0.15, 0.2) is 67.3 Å². The second kappa shape index (κ2) is 13.1. The molecular weight excluding hydrogens is 400 g/mol. The quantitative estimate of drug-likeness (QED) is 0.245. The van der Waals surface area contributed by atoms with Crippen molar-refractivity contribution in [1.29, 1.82) is 0 Å². The Kier molecular flexibility index (Phi) is 10.1. The molecule has 0 radical (unpaired) electrons. The zero-order chi connectivity index (χ0) is 21.6. The molecule has 0 unspecified atom stereocenters. The minimum Gasteiger partial charge on any atom is -0.487 e. The van der Waals surface area contributed by atoms with Gasteiger partial charge in [0.25, 0.3) is 0 Å². The van der Waals surface area contributed by atoms with Gasteiger partial charge >= 0.3 is 5.97 Å². The molecule has 0 aromatic heterocycles. The molecule has 0 saturated carbocycles. The molecule has 0 fully saturated rings. The van der Waals surface area contributed by atoms with E-state index in [4.69, 9.17) is 21.7 Å². The van der Waals surface area contributed by atoms with Gasteiger partial charge in [0.2, 0.25) is 5.91 Å². The first kappa shape index (κ1) is 23.1. The lowest BCUT2D eigenvalue weighted by molar-refractivity contribution is -0.145. The van der Waals surface area contributed by atoms with E-state index >= 15 is 0 Å². The molecule has 0 spiro atoms. The molecule has 0 aliphatic rings. The van der Waals surface area contributed by atoms with Gasteiger partial charge in [-0.2, -0.15) is 0 Å². The normalized spacial score (nSPS) is 10.0. The number of carbonyl (C=O) groups is 2. The lowest BCUT2D eigenvalue weighted by atomic mass is 10.1. The SMILES string of the molecule is C=CCOc1ccccc1NC(=S)NC(=O)CCC(=O)OCCCc1ccccc1. The third kappa shape index (κ3) is 8.87. The van der Waals surface area contributed by atoms with Gasteiger partial charge in [-0.25, -0.2) is 0 Å². The number of thiocarbonyl (C=S) groups is 1. The Bertz CT molecular complexity index is 855. The first-order chi connectivity index (χ1) is 14.6. The molecule has 0 saturated heterocycles. The molecule has 0 aliphatic carbocycles. The number of hydrogen-bond donors (Lipinski definition) is 2. The number of nitrogens with one attached hydrogen (secondary N) is 2. The number of benzene rings is 2. The van der Waals surface area contributed by atoms with E-state index in [9.17, 15) is 9.59 Å². The van der Waals surface area contributed by atoms with E-state index in [0.29, 0.717) is 24.7 Å². The fourth-order valence-corrected chi connectivity index (χ4v) is 2.81. The Morgan fingerprint density at radius 2 is 1.77 bits per heavy atom. The number of esters is 1. The minimum atomic E-state index is -0.403. The number of ether oxygens (including phenoxy) is 2. The van der Waals surface area contributed by atoms with Gasteiger partial charge in [-0.1, -0.05) is 55.1 Å². The Balaban J connectivity index is 1.64. The number of carbonyl (C=O) groups excluding carboxylic acids is 2. The molecule has 2 N–H and O–H groups in total. The zero-order valence-electron chi connectivity index (χ0n) is 16.8. The van der Waals surface area contributed by atoms with Crippen molar-refractivity contribution in [1.82, 2.24) is 5.32 Å². The molecule has 2 aromatic rings. The monoisotopic (exact) mass is 426 g/mol. The summed E-state index contributed by atoms with van der Waals surface area (Å²) in [6, 6.07) is 17.2. The molecule has 0 heterocycles. The summed E-state index contributed by atoms with van der Waals surface area (Å²) in [7, 11) is 0. The van der Waals surface area contributed by atoms with E-state index in [2.05, 4.69) is 17.2 Å². The van der Waals surface area contributed by atoms with Crippen molar-refractivity contribution in [2.24, 2.45) is 0 Å². The summed E-state index contributed by atoms with van der Waals surface area (Å²) in [5.41, 5.74) is 1.83. The summed E-state index contributed by atoms with van der Waals surface area (Å²) in [5.74, 6) is -0.174. The molecule has 6 nitrogen and oxygen atoms in total. The van der Waals surface area contributed by atoms with E-state index < -0.39 is 5.97 Å². The number of amides is 1. The van der Waals surface area contributed by atoms with Crippen LogP contribution in [0.2, 0.25) is 0 Å². The van der Waals surface area contributed by atoms with Crippen LogP contribution in [-0.2, 0) is 20.7 Å². The van der Waals surface area contributed by atoms with Crippen molar-refractivity contribution < 1.29 is 19.1 Å². The van der Waals surface area contributed by atoms with E-state index in [1.54, 1.807) is 18.2 Å². The van der Waals surface area contributed by atoms with E-state index in [1.807, 2.05) is 42.5 Å². The number of aryl methyl sites for hydroxylation is 1. The Morgan fingerprint density at radius 1 is 1.03 bits per heavy atom. The van der Waals surface area contributed by atoms with Crippen LogP contribution in [0.3, 0.4) is 0 Å². The molecule has 7 heteroatoms. The summed E-state index contributed by atoms with van der Waals surface area (Å²) < 4.78 is 10.7. The number of rotatable bonds is 11. The van der Waals surface area contributed by atoms with Crippen molar-refractivity contribution in [2.45, 2.75) is 25.7 Å². The van der Waals surface area contributed by atoms with Crippen LogP contribution in [0.25, 0.3) is 0 Å². The Labute approximate surface area is 182 Å². The molecule has 1 amide bonds. The van der Waals surface area contributed by atoms with Crippen molar-refractivity contribution in [3.8, 4) is 5.75 Å². The standard InChI is InChI=1S/C23H26N2O4S/c1-2-16-28-20-13-7-6-12-19(20)24-23(30)25-21(26)14-15-22(27)29-17-8-11-18-9-4-3-5-10-18/h2-7,9-10,12-13H,1,8,11,14-17H2,(H2,24,25,26,30). The van der Waals surface area contributed by atoms with Crippen LogP contribution in [0, 0.1) is 0 Å². The first-order valence-electron chi connectivity index (χ1n) is 9.71. The largest absolute Gasteiger partial charge is 0.487 e. The average Bonchev–Trinajstić information content (AvgIpc) is 2.75. The van der Waals surface area contributed by atoms with E-state index in [-0.39, 0.29) is 23.9 Å². The predicted molar refractivity (Wildman–Crippen MR) is 121 cm³/mol. The van der Waals surface area contributed by atoms with Crippen LogP contribution in [0.1, 0.15) is 24.8 Å². The van der Waals surface area contributed by atoms with Crippen molar-refractivity contribution in [3.63, 3.8) is 0 Å². The molecular formula is C23H26N2O4S. The minimum absolute atomic E-state index is 0.00117. The second-order valence-corrected chi connectivity index (χ2v) is 6.82. The highest BCUT2D eigenvalue weighted by Gasteiger charge is 2.11. The van der Waals surface area contributed by atoms with Gasteiger partial charge in [0.05, 0.1) is 18.7 Å². The predicted octanol–water partition coefficient (Wildman–Crippen LogP) is 4.02. The van der Waals surface area contributed by atoms with Crippen molar-refractivity contribution in [2.75, 3.05) is 18.5 Å². The maximum Gasteiger partial charge on any atom is 0.306 e. The molecule has 158 valence electrons. The molecule has 30 heavy (non-hydrogen) atoms. The summed E-state index contributed by atoms with van der Waals surface area (Å²) >= 11 is 5.16. The lowest BCUT2D eigenvalue weighted by Gasteiger charge is -2.13. The van der Waals surface area contributed by atoms with Gasteiger partial charge in [-0.3, -0.25) is 9.59 Å². The summed E-state index contributed by atoms with van der Waals surface area (Å²) in [6.07, 6.45) is 3.21. The fourth-order valence-electron chi connectivity index (χ4n) is 2.58. The molecule has 0 bridgehead atoms. The van der Waals surface area contributed by atoms with Gasteiger partial charge in [-0.05, 0) is 42.8 Å². The van der Waals surface area contributed by atoms with E-state index in [0.717, 1.165) is 12.8 Å². The molecule has 0 aliphatic heterocycles. The van der Waals surface area contributed by atoms with Gasteiger partial charge in [0, 0.05) is 6.42 Å². The smallest absolute Gasteiger partial charge is 0.306 e. The van der Waals surface area contributed by atoms with Crippen molar-refractivity contribution in [3.05, 3.63) is 72.8 Å². The topological polar surface area (TPSA) is 76.7 Å². The zero-order valence-corrected chi connectivity index (χ0v) is 17.6. The summed E-state index contributed by atoms with van der Waals surface area (Å²) in [5, 5.41) is 5.60. The fraction of sp³-hybridized carbons (Fsp3) is 0.261. The van der Waals surface area contributed by atoms with Crippen molar-refractivity contribution >= 4 is 34.9 Å². The number of anilines is 1. The van der Waals surface area contributed by atoms with Crippen LogP contribution in [0.4, 0.5) is 5.69 Å². The van der Waals surface area contributed by atoms with Gasteiger partial charge < -0.3 is 20.1 Å². The number of para-hydroxylation sites is 2. The van der Waals surface area contributed by atoms with Crippen LogP contribution >= 0.6 is 12.2 Å². The van der Waals surface area contributed by atoms with Crippen LogP contribution < -0.4 is 15.4 Å². The highest BCUT2D eigenvalue weighted by atomic mass is 32.1. The maximum absolute atomic E-state index is 12.0. The van der Waals surface area contributed by atoms with Gasteiger partial charge in [0.1, 0.15) is 12.4 Å². The van der Waals surface area contributed by atoms with Crippen LogP contribution in [-0.4, -0.2) is 30.2 Å². The summed E-state index contributed by atoms with van der Waals surface area (Å²) in [6.45, 7) is 4.29. The van der Waals surface area contributed by atoms with E-state index in [1.165, 1.54) is 5.56 Å².